The predicted octanol–water partition coefficient (Wildman–Crippen LogP) is 2.96. The van der Waals surface area contributed by atoms with Crippen LogP contribution in [0.1, 0.15) is 142 Å². The third-order valence-corrected chi connectivity index (χ3v) is 17.0. The van der Waals surface area contributed by atoms with E-state index < -0.39 is 175 Å². The summed E-state index contributed by atoms with van der Waals surface area (Å²) in [4.78, 5) is 60.0. The predicted molar refractivity (Wildman–Crippen MR) is 278 cm³/mol. The first kappa shape index (κ1) is 65.3. The Morgan fingerprint density at radius 3 is 1.84 bits per heavy atom. The van der Waals surface area contributed by atoms with Crippen molar-refractivity contribution in [2.75, 3.05) is 28.2 Å². The minimum atomic E-state index is -2.07. The van der Waals surface area contributed by atoms with E-state index in [0.717, 1.165) is 0 Å². The number of nitrogens with zero attached hydrogens (tertiary/aromatic N) is 2. The molecule has 5 saturated heterocycles. The van der Waals surface area contributed by atoms with Crippen molar-refractivity contribution < 1.29 is 91.7 Å². The summed E-state index contributed by atoms with van der Waals surface area (Å²) in [6.45, 7) is 23.1. The first-order valence-corrected chi connectivity index (χ1v) is 27.9. The molecule has 0 aliphatic carbocycles. The van der Waals surface area contributed by atoms with E-state index in [9.17, 15) is 30.0 Å². The van der Waals surface area contributed by atoms with Crippen LogP contribution in [0, 0.1) is 23.7 Å². The number of hydrogen-bond acceptors (Lipinski definition) is 22. The lowest BCUT2D eigenvalue weighted by atomic mass is 9.73. The fourth-order valence-corrected chi connectivity index (χ4v) is 12.7. The van der Waals surface area contributed by atoms with Gasteiger partial charge in [0.15, 0.2) is 36.9 Å². The molecule has 0 spiro atoms. The maximum absolute atomic E-state index is 15.4. The molecule has 0 bridgehead atoms. The Hall–Kier alpha value is -2.52. The number of likely N-dealkylation sites (N-methyl/N-ethyl adjacent to an activating group) is 2. The lowest BCUT2D eigenvalue weighted by molar-refractivity contribution is -0.340. The highest BCUT2D eigenvalue weighted by Crippen LogP contribution is 2.45. The summed E-state index contributed by atoms with van der Waals surface area (Å²) in [6.07, 6.45) is -16.3. The molecular formula is C55H97N3O19. The van der Waals surface area contributed by atoms with Crippen LogP contribution < -0.4 is 5.73 Å². The van der Waals surface area contributed by atoms with Gasteiger partial charge in [-0.25, -0.2) is 0 Å². The summed E-state index contributed by atoms with van der Waals surface area (Å²) in [5, 5.41) is 47.1. The summed E-state index contributed by atoms with van der Waals surface area (Å²) >= 11 is 0. The molecule has 0 saturated carbocycles. The van der Waals surface area contributed by atoms with Crippen molar-refractivity contribution in [3.05, 3.63) is 0 Å². The van der Waals surface area contributed by atoms with E-state index in [4.69, 9.17) is 57.8 Å². The average molecular weight is 1100 g/mol. The second kappa shape index (κ2) is 26.6. The van der Waals surface area contributed by atoms with Crippen molar-refractivity contribution in [3.63, 3.8) is 0 Å². The standard InChI is InChI=1S/C55H97N3O19/c1-19-38-55(14,66)49(74-40-22-35(56)44(62)31(8)68-40)28(5)43(61)26(3)24-53(12,77-41-23-37(58(17)18)45(63)32(9)69-41)48(75-52-46(64)36(57(15)16)21-27(4)67-52)29(6)47(30(7)51(65)71-38)73-42-25-54(13,76-34(11)59)50(33(10)70-42)72-39(60)20-2/h26-33,35-38,40-42,44-50,52,62-64,66H,19-25,56H2,1-18H3/t26-,27-,28+,29+,30-,31-,32+,33+,35-,36+,37-,38?,40+,41+,42+,44+,45+,46-,47?,48-,49-,50+,52+,53-,54-,55-/m1/s1. The largest absolute Gasteiger partial charge is 0.459 e. The van der Waals surface area contributed by atoms with Crippen LogP contribution in [-0.4, -0.2) is 215 Å². The zero-order valence-electron chi connectivity index (χ0n) is 49.1. The van der Waals surface area contributed by atoms with Crippen LogP contribution in [0.15, 0.2) is 0 Å². The zero-order chi connectivity index (χ0) is 58.0. The molecule has 22 heteroatoms. The number of rotatable bonds is 14. The highest BCUT2D eigenvalue weighted by atomic mass is 16.7. The second-order valence-corrected chi connectivity index (χ2v) is 24.1. The lowest BCUT2D eigenvalue weighted by Gasteiger charge is -2.51. The van der Waals surface area contributed by atoms with E-state index >= 15 is 9.59 Å². The number of Topliss-reactive ketones (excluding diaryl/α,β-unsaturated/α-hetero) is 1. The molecule has 446 valence electrons. The molecule has 5 rings (SSSR count). The van der Waals surface area contributed by atoms with Gasteiger partial charge in [-0.1, -0.05) is 34.6 Å². The van der Waals surface area contributed by atoms with Gasteiger partial charge in [-0.3, -0.25) is 19.2 Å². The van der Waals surface area contributed by atoms with Gasteiger partial charge in [-0.15, -0.1) is 0 Å². The molecule has 22 nitrogen and oxygen atoms in total. The summed E-state index contributed by atoms with van der Waals surface area (Å²) in [5.74, 6) is -6.61. The number of nitrogens with two attached hydrogens (primary N) is 1. The number of esters is 3. The van der Waals surface area contributed by atoms with Crippen LogP contribution in [0.3, 0.4) is 0 Å². The van der Waals surface area contributed by atoms with Crippen LogP contribution in [0.2, 0.25) is 0 Å². The second-order valence-electron chi connectivity index (χ2n) is 24.1. The third kappa shape index (κ3) is 15.1. The zero-order valence-corrected chi connectivity index (χ0v) is 49.1. The van der Waals surface area contributed by atoms with Crippen LogP contribution in [0.5, 0.6) is 0 Å². The summed E-state index contributed by atoms with van der Waals surface area (Å²) in [6, 6.07) is -1.61. The van der Waals surface area contributed by atoms with E-state index in [2.05, 4.69) is 0 Å². The quantitative estimate of drug-likeness (QED) is 0.123. The SMILES string of the molecule is CCC(=O)O[C@H]1[C@H](C)O[C@@H](OC2[C@@H](C)C(=O)OC(CC)[C@@](C)(O)[C@H](O[C@H]3C[C@@H](N)[C@@H](O)[C@@H](C)O3)[C@@H](C)C(=O)[C@H](C)C[C@@](C)(O[C@H]3C[C@@H](N(C)C)[C@@H](O)[C@H](C)O3)[C@H](O[C@@H]3O[C@H](C)C[C@H](N(C)C)[C@H]3O)[C@H]2C)C[C@@]1(C)OC(C)=O. The van der Waals surface area contributed by atoms with Crippen LogP contribution in [0.25, 0.3) is 0 Å². The van der Waals surface area contributed by atoms with Gasteiger partial charge < -0.3 is 88.1 Å². The topological polar surface area (TPSA) is 283 Å². The van der Waals surface area contributed by atoms with E-state index in [1.54, 1.807) is 76.2 Å². The van der Waals surface area contributed by atoms with Crippen molar-refractivity contribution in [2.24, 2.45) is 29.4 Å². The number of aliphatic hydroxyl groups is 4. The Labute approximate surface area is 456 Å². The average Bonchev–Trinajstić information content (AvgIpc) is 3.33. The summed E-state index contributed by atoms with van der Waals surface area (Å²) in [5.41, 5.74) is 1.17. The van der Waals surface area contributed by atoms with Gasteiger partial charge in [0.25, 0.3) is 0 Å². The maximum atomic E-state index is 15.4. The first-order chi connectivity index (χ1) is 35.7. The van der Waals surface area contributed by atoms with Gasteiger partial charge in [0.2, 0.25) is 0 Å². The summed E-state index contributed by atoms with van der Waals surface area (Å²) < 4.78 is 71.8. The number of carbonyl (C=O) groups is 4. The molecule has 5 heterocycles. The highest BCUT2D eigenvalue weighted by molar-refractivity contribution is 5.83. The van der Waals surface area contributed by atoms with E-state index in [0.29, 0.717) is 6.42 Å². The molecule has 26 atom stereocenters. The number of cyclic esters (lactones) is 1. The number of aliphatic hydroxyl groups excluding tert-OH is 3. The van der Waals surface area contributed by atoms with Gasteiger partial charge in [-0.05, 0) is 103 Å². The van der Waals surface area contributed by atoms with E-state index in [-0.39, 0.29) is 44.3 Å². The minimum Gasteiger partial charge on any atom is -0.459 e. The monoisotopic (exact) mass is 1100 g/mol. The van der Waals surface area contributed by atoms with Crippen molar-refractivity contribution >= 4 is 23.7 Å². The smallest absolute Gasteiger partial charge is 0.311 e. The molecule has 6 N–H and O–H groups in total. The Kier molecular flexibility index (Phi) is 22.5. The maximum Gasteiger partial charge on any atom is 0.311 e. The fraction of sp³-hybridized carbons (Fsp3) is 0.927. The number of hydrogen-bond donors (Lipinski definition) is 5. The van der Waals surface area contributed by atoms with E-state index in [1.165, 1.54) is 13.8 Å². The molecule has 0 amide bonds. The van der Waals surface area contributed by atoms with Gasteiger partial charge in [0, 0.05) is 68.5 Å². The highest BCUT2D eigenvalue weighted by Gasteiger charge is 2.57. The van der Waals surface area contributed by atoms with Crippen molar-refractivity contribution in [1.82, 2.24) is 9.80 Å². The van der Waals surface area contributed by atoms with Gasteiger partial charge in [-0.2, -0.15) is 0 Å². The molecule has 0 aromatic rings. The van der Waals surface area contributed by atoms with E-state index in [1.807, 2.05) is 44.9 Å². The Morgan fingerprint density at radius 1 is 0.688 bits per heavy atom. The Balaban J connectivity index is 1.75. The number of ether oxygens (including phenoxy) is 11. The van der Waals surface area contributed by atoms with Crippen LogP contribution in [0.4, 0.5) is 0 Å². The molecule has 0 aromatic heterocycles. The molecule has 0 aromatic carbocycles. The molecule has 5 fully saturated rings. The van der Waals surface area contributed by atoms with Crippen LogP contribution in [-0.2, 0) is 71.3 Å². The summed E-state index contributed by atoms with van der Waals surface area (Å²) in [7, 11) is 7.39. The van der Waals surface area contributed by atoms with Crippen molar-refractivity contribution in [3.8, 4) is 0 Å². The Bertz CT molecular complexity index is 1950. The van der Waals surface area contributed by atoms with Crippen molar-refractivity contribution in [1.29, 1.82) is 0 Å². The number of ketones is 1. The molecule has 0 radical (unpaired) electrons. The molecule has 2 unspecified atom stereocenters. The third-order valence-electron chi connectivity index (χ3n) is 17.0. The van der Waals surface area contributed by atoms with Gasteiger partial charge >= 0.3 is 17.9 Å². The van der Waals surface area contributed by atoms with Gasteiger partial charge in [0.1, 0.15) is 29.7 Å². The van der Waals surface area contributed by atoms with Gasteiger partial charge in [0.05, 0.1) is 60.4 Å². The number of carbonyl (C=O) groups excluding carboxylic acids is 4. The molecule has 5 aliphatic heterocycles. The molecule has 5 aliphatic rings. The molecule has 77 heavy (non-hydrogen) atoms. The van der Waals surface area contributed by atoms with Crippen LogP contribution >= 0.6 is 0 Å². The lowest BCUT2D eigenvalue weighted by Crippen LogP contribution is -2.63. The minimum absolute atomic E-state index is 0.0228. The fourth-order valence-electron chi connectivity index (χ4n) is 12.7. The molecular weight excluding hydrogens is 1010 g/mol. The first-order valence-electron chi connectivity index (χ1n) is 27.9. The van der Waals surface area contributed by atoms with Crippen molar-refractivity contribution in [2.45, 2.75) is 275 Å². The normalized spacial score (nSPS) is 47.0. The Morgan fingerprint density at radius 2 is 1.27 bits per heavy atom.